The molecular weight excluding hydrogens is 636 g/mol. The molecule has 1 unspecified atom stereocenters. The summed E-state index contributed by atoms with van der Waals surface area (Å²) in [5.74, 6) is 0. The minimum absolute atomic E-state index is 0.542. The van der Waals surface area contributed by atoms with Gasteiger partial charge in [-0.3, -0.25) is 0 Å². The Morgan fingerprint density at radius 3 is 0.368 bits per heavy atom. The van der Waals surface area contributed by atoms with Gasteiger partial charge < -0.3 is 104 Å². The fraction of sp³-hybridized carbons (Fsp3) is 1.00. The highest BCUT2D eigenvalue weighted by Crippen LogP contribution is 2.29. The largest absolute Gasteiger partial charge is 0.673 e. The van der Waals surface area contributed by atoms with Gasteiger partial charge in [0.05, 0.1) is 0 Å². The van der Waals surface area contributed by atoms with Crippen molar-refractivity contribution in [2.24, 2.45) is 0 Å². The highest BCUT2D eigenvalue weighted by atomic mass is 31.0. The van der Waals surface area contributed by atoms with Gasteiger partial charge in [0.25, 0.3) is 0 Å². The molecule has 0 aliphatic rings. The van der Waals surface area contributed by atoms with E-state index in [1.807, 2.05) is 0 Å². The number of hydrogen-bond acceptors (Lipinski definition) is 0. The lowest BCUT2D eigenvalue weighted by Gasteiger charge is -2.23. The lowest BCUT2D eigenvalue weighted by Crippen LogP contribution is -2.15. The van der Waals surface area contributed by atoms with Crippen molar-refractivity contribution in [3.05, 3.63) is 0 Å². The molecule has 0 bridgehead atoms. The van der Waals surface area contributed by atoms with Gasteiger partial charge in [0.15, 0.2) is 0 Å². The topological polar surface area (TPSA) is 0 Å². The van der Waals surface area contributed by atoms with Gasteiger partial charge in [0.2, 0.25) is 0 Å². The maximum absolute atomic E-state index is 9.75. The van der Waals surface area contributed by atoms with Crippen molar-refractivity contribution in [3.63, 3.8) is 0 Å². The summed E-state index contributed by atoms with van der Waals surface area (Å²) in [6.07, 6.45) is 3.85. The van der Waals surface area contributed by atoms with Gasteiger partial charge in [-0.15, -0.1) is 9.24 Å². The molecule has 0 fully saturated rings. The molecule has 0 aromatic carbocycles. The molecule has 0 radical (unpaired) electrons. The van der Waals surface area contributed by atoms with Gasteiger partial charge in [-0.25, -0.2) is 0 Å². The molecule has 0 aliphatic carbocycles. The number of hydrogen-bond donors (Lipinski definition) is 0. The van der Waals surface area contributed by atoms with Crippen LogP contribution in [-0.4, -0.2) is 48.7 Å². The predicted molar refractivity (Wildman–Crippen MR) is 104 cm³/mol. The molecule has 31 heteroatoms. The van der Waals surface area contributed by atoms with E-state index in [1.54, 1.807) is 0 Å². The van der Waals surface area contributed by atoms with Crippen molar-refractivity contribution in [1.29, 1.82) is 0 Å². The Kier molecular flexibility index (Phi) is 32.2. The van der Waals surface area contributed by atoms with Crippen molar-refractivity contribution in [2.75, 3.05) is 0 Å². The highest BCUT2D eigenvalue weighted by molar-refractivity contribution is 7.18. The van der Waals surface area contributed by atoms with Gasteiger partial charge in [0, 0.05) is 0 Å². The fourth-order valence-corrected chi connectivity index (χ4v) is 0.750. The Labute approximate surface area is 202 Å². The fourth-order valence-electron chi connectivity index (χ4n) is 0.750. The molecule has 38 heavy (non-hydrogen) atoms. The van der Waals surface area contributed by atoms with Crippen LogP contribution in [0.5, 0.6) is 0 Å². The van der Waals surface area contributed by atoms with Crippen LogP contribution in [0.1, 0.15) is 40.0 Å². The minimum Gasteiger partial charge on any atom is -0.418 e. The van der Waals surface area contributed by atoms with Gasteiger partial charge in [-0.1, -0.05) is 20.8 Å². The van der Waals surface area contributed by atoms with Gasteiger partial charge in [-0.05, 0) is 24.4 Å². The standard InChI is InChI=1S/C7H17P.6BF4/c1-4-7(8,5-2)6-3;6*2-1(3,4)5/h4-6,8H2,1-3H3;;;;;;/q;6*-1. The second-order valence-corrected chi connectivity index (χ2v) is 6.62. The van der Waals surface area contributed by atoms with Gasteiger partial charge in [-0.2, -0.15) is 0 Å². The van der Waals surface area contributed by atoms with E-state index < -0.39 is 43.5 Å². The van der Waals surface area contributed by atoms with Gasteiger partial charge >= 0.3 is 43.5 Å². The van der Waals surface area contributed by atoms with E-state index >= 15 is 0 Å². The third-order valence-electron chi connectivity index (χ3n) is 2.11. The molecule has 0 N–H and O–H groups in total. The molecule has 242 valence electrons. The molecule has 0 saturated heterocycles. The lowest BCUT2D eigenvalue weighted by atomic mass is 9.99. The molecule has 0 heterocycles. The number of halogens is 24. The van der Waals surface area contributed by atoms with Crippen LogP contribution in [0.2, 0.25) is 0 Å². The first-order valence-corrected chi connectivity index (χ1v) is 9.29. The van der Waals surface area contributed by atoms with Crippen LogP contribution < -0.4 is 0 Å². The Morgan fingerprint density at radius 1 is 0.316 bits per heavy atom. The summed E-state index contributed by atoms with van der Waals surface area (Å²) < 4.78 is 234. The zero-order chi connectivity index (χ0) is 33.6. The molecule has 0 aromatic heterocycles. The van der Waals surface area contributed by atoms with E-state index in [9.17, 15) is 104 Å². The van der Waals surface area contributed by atoms with Crippen molar-refractivity contribution in [1.82, 2.24) is 0 Å². The second kappa shape index (κ2) is 22.9. The van der Waals surface area contributed by atoms with Crippen molar-refractivity contribution in [3.8, 4) is 0 Å². The minimum atomic E-state index is -6.00. The first kappa shape index (κ1) is 53.4. The van der Waals surface area contributed by atoms with Crippen LogP contribution in [0.3, 0.4) is 0 Å². The van der Waals surface area contributed by atoms with Crippen LogP contribution in [0, 0.1) is 0 Å². The summed E-state index contributed by atoms with van der Waals surface area (Å²) in [5.41, 5.74) is 0. The average Bonchev–Trinajstić information content (AvgIpc) is 2.44. The Bertz CT molecular complexity index is 348. The molecule has 0 amide bonds. The molecule has 0 aliphatic heterocycles. The maximum atomic E-state index is 9.75. The summed E-state index contributed by atoms with van der Waals surface area (Å²) in [5, 5.41) is 0.542. The first-order chi connectivity index (χ1) is 15.7. The van der Waals surface area contributed by atoms with E-state index in [2.05, 4.69) is 30.0 Å². The molecule has 0 spiro atoms. The summed E-state index contributed by atoms with van der Waals surface area (Å²) >= 11 is 0. The zero-order valence-electron chi connectivity index (χ0n) is 18.7. The third-order valence-corrected chi connectivity index (χ3v) is 3.34. The monoisotopic (exact) mass is 654 g/mol. The Hall–Kier alpha value is -0.860. The van der Waals surface area contributed by atoms with Crippen molar-refractivity contribution >= 4 is 52.8 Å². The average molecular weight is 653 g/mol. The maximum Gasteiger partial charge on any atom is 0.673 e. The van der Waals surface area contributed by atoms with Crippen LogP contribution in [-0.2, 0) is 0 Å². The number of rotatable bonds is 3. The van der Waals surface area contributed by atoms with Crippen LogP contribution in [0.25, 0.3) is 0 Å². The summed E-state index contributed by atoms with van der Waals surface area (Å²) in [4.78, 5) is 0. The highest BCUT2D eigenvalue weighted by Gasteiger charge is 2.22. The quantitative estimate of drug-likeness (QED) is 0.162. The first-order valence-electron chi connectivity index (χ1n) is 8.71. The summed E-state index contributed by atoms with van der Waals surface area (Å²) in [7, 11) is -33.1. The smallest absolute Gasteiger partial charge is 0.418 e. The van der Waals surface area contributed by atoms with E-state index in [4.69, 9.17) is 0 Å². The third kappa shape index (κ3) is 618. The normalized spacial score (nSPS) is 12.0. The second-order valence-electron chi connectivity index (χ2n) is 5.39. The van der Waals surface area contributed by atoms with Crippen molar-refractivity contribution < 1.29 is 104 Å². The Balaban J connectivity index is -0.0000000596. The molecule has 0 nitrogen and oxygen atoms in total. The molecule has 0 aromatic rings. The van der Waals surface area contributed by atoms with Crippen LogP contribution in [0.15, 0.2) is 0 Å². The molecule has 1 atom stereocenters. The van der Waals surface area contributed by atoms with E-state index in [1.165, 1.54) is 19.3 Å². The summed E-state index contributed by atoms with van der Waals surface area (Å²) in [6.45, 7) is 6.75. The van der Waals surface area contributed by atoms with Crippen LogP contribution >= 0.6 is 9.24 Å². The molecule has 0 saturated carbocycles. The van der Waals surface area contributed by atoms with E-state index in [0.717, 1.165) is 0 Å². The van der Waals surface area contributed by atoms with Gasteiger partial charge in [0.1, 0.15) is 0 Å². The van der Waals surface area contributed by atoms with Crippen LogP contribution in [0.4, 0.5) is 104 Å². The SMILES string of the molecule is CCC(P)(CC)CC.F[B-](F)(F)F.F[B-](F)(F)F.F[B-](F)(F)F.F[B-](F)(F)F.F[B-](F)(F)F.F[B-](F)(F)F. The lowest BCUT2D eigenvalue weighted by molar-refractivity contribution is 0.366. The molecular formula is C7H17B6F24P-6. The van der Waals surface area contributed by atoms with E-state index in [0.29, 0.717) is 5.16 Å². The van der Waals surface area contributed by atoms with Crippen molar-refractivity contribution in [2.45, 2.75) is 45.2 Å². The Morgan fingerprint density at radius 2 is 0.368 bits per heavy atom. The zero-order valence-corrected chi connectivity index (χ0v) is 19.9. The predicted octanol–water partition coefficient (Wildman–Crippen LogP) is 10.6. The summed E-state index contributed by atoms with van der Waals surface area (Å²) in [6, 6.07) is 0. The molecule has 0 rings (SSSR count). The van der Waals surface area contributed by atoms with E-state index in [-0.39, 0.29) is 0 Å².